The van der Waals surface area contributed by atoms with Crippen LogP contribution < -0.4 is 9.47 Å². The number of nitrogens with zero attached hydrogens (tertiary/aromatic N) is 1. The maximum atomic E-state index is 10.0. The van der Waals surface area contributed by atoms with Crippen molar-refractivity contribution in [1.82, 2.24) is 4.57 Å². The highest BCUT2D eigenvalue weighted by Crippen LogP contribution is 2.34. The molecular formula is C12H19NO7. The smallest absolute Gasteiger partial charge is 0.178 e. The lowest BCUT2D eigenvalue weighted by molar-refractivity contribution is -0.251. The van der Waals surface area contributed by atoms with Gasteiger partial charge < -0.3 is 39.2 Å². The number of hydrogen-bond donors (Lipinski definition) is 4. The van der Waals surface area contributed by atoms with Crippen LogP contribution in [0.1, 0.15) is 6.23 Å². The third-order valence-corrected chi connectivity index (χ3v) is 3.38. The van der Waals surface area contributed by atoms with E-state index in [4.69, 9.17) is 19.3 Å². The summed E-state index contributed by atoms with van der Waals surface area (Å²) in [5.74, 6) is 0.869. The Labute approximate surface area is 115 Å². The van der Waals surface area contributed by atoms with E-state index in [1.807, 2.05) is 0 Å². The van der Waals surface area contributed by atoms with Crippen LogP contribution in [0.5, 0.6) is 11.5 Å². The van der Waals surface area contributed by atoms with Crippen LogP contribution in [-0.4, -0.2) is 70.2 Å². The molecule has 1 fully saturated rings. The first-order valence-electron chi connectivity index (χ1n) is 6.13. The predicted molar refractivity (Wildman–Crippen MR) is 66.6 cm³/mol. The monoisotopic (exact) mass is 289 g/mol. The molecule has 20 heavy (non-hydrogen) atoms. The molecule has 1 aromatic heterocycles. The van der Waals surface area contributed by atoms with Gasteiger partial charge in [-0.25, -0.2) is 0 Å². The van der Waals surface area contributed by atoms with Crippen LogP contribution in [-0.2, 0) is 4.74 Å². The Morgan fingerprint density at radius 3 is 2.05 bits per heavy atom. The highest BCUT2D eigenvalue weighted by molar-refractivity contribution is 5.38. The first-order chi connectivity index (χ1) is 9.53. The van der Waals surface area contributed by atoms with Gasteiger partial charge in [0.05, 0.1) is 33.2 Å². The van der Waals surface area contributed by atoms with Gasteiger partial charge in [-0.15, -0.1) is 0 Å². The first-order valence-corrected chi connectivity index (χ1v) is 6.13. The minimum atomic E-state index is -1.43. The van der Waals surface area contributed by atoms with E-state index < -0.39 is 37.3 Å². The quantitative estimate of drug-likeness (QED) is 0.532. The number of aromatic nitrogens is 1. The molecular weight excluding hydrogens is 270 g/mol. The normalized spacial score (nSPS) is 34.0. The van der Waals surface area contributed by atoms with E-state index in [0.717, 1.165) is 0 Å². The molecule has 0 radical (unpaired) electrons. The number of ether oxygens (including phenoxy) is 3. The van der Waals surface area contributed by atoms with E-state index >= 15 is 0 Å². The summed E-state index contributed by atoms with van der Waals surface area (Å²) < 4.78 is 17.1. The van der Waals surface area contributed by atoms with Gasteiger partial charge in [-0.3, -0.25) is 0 Å². The number of aliphatic hydroxyl groups is 4. The van der Waals surface area contributed by atoms with Crippen molar-refractivity contribution in [3.05, 3.63) is 12.4 Å². The fraction of sp³-hybridized carbons (Fsp3) is 0.667. The van der Waals surface area contributed by atoms with Crippen molar-refractivity contribution in [2.75, 3.05) is 20.8 Å². The molecule has 2 heterocycles. The van der Waals surface area contributed by atoms with Crippen LogP contribution in [0.2, 0.25) is 0 Å². The Bertz CT molecular complexity index is 426. The molecule has 0 unspecified atom stereocenters. The molecule has 0 amide bonds. The average molecular weight is 289 g/mol. The molecule has 0 spiro atoms. The van der Waals surface area contributed by atoms with Gasteiger partial charge in [0.25, 0.3) is 0 Å². The van der Waals surface area contributed by atoms with Crippen molar-refractivity contribution < 1.29 is 34.6 Å². The zero-order valence-corrected chi connectivity index (χ0v) is 11.2. The number of aliphatic hydroxyl groups excluding tert-OH is 4. The van der Waals surface area contributed by atoms with Crippen LogP contribution in [0.3, 0.4) is 0 Å². The van der Waals surface area contributed by atoms with Crippen LogP contribution in [0.4, 0.5) is 0 Å². The second-order valence-electron chi connectivity index (χ2n) is 4.56. The Kier molecular flexibility index (Phi) is 4.51. The molecule has 5 atom stereocenters. The highest BCUT2D eigenvalue weighted by Gasteiger charge is 2.44. The molecule has 1 saturated heterocycles. The summed E-state index contributed by atoms with van der Waals surface area (Å²) in [4.78, 5) is 0. The Balaban J connectivity index is 2.28. The van der Waals surface area contributed by atoms with E-state index in [9.17, 15) is 15.3 Å². The molecule has 8 nitrogen and oxygen atoms in total. The molecule has 8 heteroatoms. The standard InChI is InChI=1S/C12H19NO7/c1-18-6-3-13(4-7(6)19-2)12-11(17)10(16)9(15)8(5-14)20-12/h3-4,8-12,14-17H,5H2,1-2H3/t8-,9-,10+,11-,12-/m1/s1. The van der Waals surface area contributed by atoms with Gasteiger partial charge in [0.1, 0.15) is 24.4 Å². The maximum absolute atomic E-state index is 10.0. The fourth-order valence-corrected chi connectivity index (χ4v) is 2.22. The third-order valence-electron chi connectivity index (χ3n) is 3.38. The summed E-state index contributed by atoms with van der Waals surface area (Å²) in [6.45, 7) is -0.475. The third kappa shape index (κ3) is 2.48. The van der Waals surface area contributed by atoms with Crippen molar-refractivity contribution >= 4 is 0 Å². The zero-order valence-electron chi connectivity index (χ0n) is 11.2. The lowest BCUT2D eigenvalue weighted by Gasteiger charge is -2.40. The second kappa shape index (κ2) is 5.98. The Morgan fingerprint density at radius 1 is 1.05 bits per heavy atom. The van der Waals surface area contributed by atoms with Crippen molar-refractivity contribution in [2.45, 2.75) is 30.6 Å². The van der Waals surface area contributed by atoms with E-state index in [1.54, 1.807) is 0 Å². The first kappa shape index (κ1) is 15.1. The molecule has 2 rings (SSSR count). The van der Waals surface area contributed by atoms with Crippen LogP contribution in [0.25, 0.3) is 0 Å². The molecule has 1 aliphatic heterocycles. The highest BCUT2D eigenvalue weighted by atomic mass is 16.6. The van der Waals surface area contributed by atoms with E-state index in [-0.39, 0.29) is 0 Å². The second-order valence-corrected chi connectivity index (χ2v) is 4.56. The molecule has 0 saturated carbocycles. The van der Waals surface area contributed by atoms with Gasteiger partial charge >= 0.3 is 0 Å². The molecule has 1 aliphatic rings. The van der Waals surface area contributed by atoms with Gasteiger partial charge in [-0.2, -0.15) is 0 Å². The number of rotatable bonds is 4. The summed E-state index contributed by atoms with van der Waals surface area (Å²) >= 11 is 0. The van der Waals surface area contributed by atoms with Crippen LogP contribution >= 0.6 is 0 Å². The predicted octanol–water partition coefficient (Wildman–Crippen LogP) is -1.52. The lowest BCUT2D eigenvalue weighted by Crippen LogP contribution is -2.56. The molecule has 114 valence electrons. The fourth-order valence-electron chi connectivity index (χ4n) is 2.22. The number of hydrogen-bond acceptors (Lipinski definition) is 7. The molecule has 0 aromatic carbocycles. The summed E-state index contributed by atoms with van der Waals surface area (Å²) in [5.41, 5.74) is 0. The van der Waals surface area contributed by atoms with Crippen molar-refractivity contribution in [2.24, 2.45) is 0 Å². The van der Waals surface area contributed by atoms with Gasteiger partial charge in [-0.05, 0) is 0 Å². The maximum Gasteiger partial charge on any atom is 0.178 e. The topological polar surface area (TPSA) is 114 Å². The van der Waals surface area contributed by atoms with Gasteiger partial charge in [0.2, 0.25) is 0 Å². The molecule has 0 bridgehead atoms. The van der Waals surface area contributed by atoms with E-state index in [0.29, 0.717) is 11.5 Å². The minimum absolute atomic E-state index is 0.435. The largest absolute Gasteiger partial charge is 0.491 e. The lowest BCUT2D eigenvalue weighted by atomic mass is 9.98. The molecule has 0 aliphatic carbocycles. The van der Waals surface area contributed by atoms with Crippen molar-refractivity contribution in [1.29, 1.82) is 0 Å². The van der Waals surface area contributed by atoms with Gasteiger partial charge in [0.15, 0.2) is 17.7 Å². The van der Waals surface area contributed by atoms with Gasteiger partial charge in [0, 0.05) is 0 Å². The molecule has 1 aromatic rings. The zero-order chi connectivity index (χ0) is 14.9. The average Bonchev–Trinajstić information content (AvgIpc) is 2.88. The van der Waals surface area contributed by atoms with Crippen molar-refractivity contribution in [3.8, 4) is 11.5 Å². The number of methoxy groups -OCH3 is 2. The van der Waals surface area contributed by atoms with Crippen molar-refractivity contribution in [3.63, 3.8) is 0 Å². The Hall–Kier alpha value is -1.32. The van der Waals surface area contributed by atoms with Gasteiger partial charge in [-0.1, -0.05) is 0 Å². The van der Waals surface area contributed by atoms with E-state index in [2.05, 4.69) is 0 Å². The Morgan fingerprint density at radius 2 is 1.60 bits per heavy atom. The minimum Gasteiger partial charge on any atom is -0.491 e. The molecule has 4 N–H and O–H groups in total. The SMILES string of the molecule is COc1cn([C@@H]2O[C@H](CO)[C@@H](O)[C@H](O)[C@H]2O)cc1OC. The van der Waals surface area contributed by atoms with Crippen LogP contribution in [0, 0.1) is 0 Å². The summed E-state index contributed by atoms with van der Waals surface area (Å²) in [5, 5.41) is 38.6. The van der Waals surface area contributed by atoms with E-state index in [1.165, 1.54) is 31.2 Å². The summed E-state index contributed by atoms with van der Waals surface area (Å²) in [7, 11) is 2.94. The summed E-state index contributed by atoms with van der Waals surface area (Å²) in [6.07, 6.45) is -3.02. The van der Waals surface area contributed by atoms with Crippen LogP contribution in [0.15, 0.2) is 12.4 Å². The summed E-state index contributed by atoms with van der Waals surface area (Å²) in [6, 6.07) is 0.